The quantitative estimate of drug-likeness (QED) is 0.790. The predicted molar refractivity (Wildman–Crippen MR) is 55.4 cm³/mol. The third kappa shape index (κ3) is 2.67. The summed E-state index contributed by atoms with van der Waals surface area (Å²) in [5.74, 6) is 0.380. The first-order valence-electron chi connectivity index (χ1n) is 4.60. The molecule has 0 fully saturated rings. The van der Waals surface area contributed by atoms with Gasteiger partial charge < -0.3 is 10.5 Å². The van der Waals surface area contributed by atoms with E-state index in [1.54, 1.807) is 11.3 Å². The van der Waals surface area contributed by atoms with Crippen molar-refractivity contribution < 1.29 is 4.74 Å². The molecule has 0 saturated carbocycles. The number of aromatic nitrogens is 1. The van der Waals surface area contributed by atoms with Crippen LogP contribution >= 0.6 is 11.3 Å². The van der Waals surface area contributed by atoms with Crippen LogP contribution in [0.15, 0.2) is 5.38 Å². The van der Waals surface area contributed by atoms with Gasteiger partial charge in [-0.3, -0.25) is 0 Å². The summed E-state index contributed by atoms with van der Waals surface area (Å²) in [6, 6.07) is 0. The molecule has 0 amide bonds. The maximum absolute atomic E-state index is 5.62. The van der Waals surface area contributed by atoms with Gasteiger partial charge in [-0.1, -0.05) is 18.3 Å². The van der Waals surface area contributed by atoms with Crippen molar-refractivity contribution in [2.45, 2.75) is 26.2 Å². The van der Waals surface area contributed by atoms with E-state index in [-0.39, 0.29) is 0 Å². The maximum Gasteiger partial charge on any atom is 0.273 e. The summed E-state index contributed by atoms with van der Waals surface area (Å²) in [7, 11) is 0. The Morgan fingerprint density at radius 3 is 2.92 bits per heavy atom. The van der Waals surface area contributed by atoms with E-state index in [9.17, 15) is 0 Å². The van der Waals surface area contributed by atoms with Crippen molar-refractivity contribution in [1.29, 1.82) is 0 Å². The fourth-order valence-corrected chi connectivity index (χ4v) is 1.95. The first kappa shape index (κ1) is 10.5. The first-order valence-corrected chi connectivity index (χ1v) is 5.48. The van der Waals surface area contributed by atoms with Crippen molar-refractivity contribution in [2.75, 3.05) is 13.2 Å². The van der Waals surface area contributed by atoms with Crippen molar-refractivity contribution in [3.05, 3.63) is 11.1 Å². The summed E-state index contributed by atoms with van der Waals surface area (Å²) in [5.41, 5.74) is 6.69. The molecule has 0 radical (unpaired) electrons. The monoisotopic (exact) mass is 200 g/mol. The molecule has 0 saturated heterocycles. The third-order valence-electron chi connectivity index (χ3n) is 1.96. The summed E-state index contributed by atoms with van der Waals surface area (Å²) in [6.07, 6.45) is 1.03. The van der Waals surface area contributed by atoms with Gasteiger partial charge >= 0.3 is 0 Å². The minimum absolute atomic E-state index is 0.380. The Morgan fingerprint density at radius 1 is 1.62 bits per heavy atom. The van der Waals surface area contributed by atoms with E-state index in [1.807, 2.05) is 12.3 Å². The maximum atomic E-state index is 5.62. The van der Waals surface area contributed by atoms with Crippen LogP contribution in [0, 0.1) is 0 Å². The Kier molecular flexibility index (Phi) is 4.18. The van der Waals surface area contributed by atoms with Crippen LogP contribution in [0.2, 0.25) is 0 Å². The number of nitrogens with two attached hydrogens (primary N) is 1. The topological polar surface area (TPSA) is 48.1 Å². The van der Waals surface area contributed by atoms with Crippen LogP contribution in [0.5, 0.6) is 5.19 Å². The molecule has 1 atom stereocenters. The minimum Gasteiger partial charge on any atom is -0.470 e. The Hall–Kier alpha value is -0.610. The van der Waals surface area contributed by atoms with Gasteiger partial charge in [-0.25, -0.2) is 4.98 Å². The highest BCUT2D eigenvalue weighted by molar-refractivity contribution is 7.11. The second kappa shape index (κ2) is 5.19. The molecule has 1 unspecified atom stereocenters. The number of rotatable bonds is 5. The van der Waals surface area contributed by atoms with Gasteiger partial charge in [0.2, 0.25) is 0 Å². The van der Waals surface area contributed by atoms with Gasteiger partial charge in [0.25, 0.3) is 5.19 Å². The van der Waals surface area contributed by atoms with E-state index in [0.29, 0.717) is 19.1 Å². The van der Waals surface area contributed by atoms with E-state index < -0.39 is 0 Å². The molecule has 0 aliphatic rings. The Balaban J connectivity index is 2.66. The molecular formula is C9H16N2OS. The molecule has 1 heterocycles. The van der Waals surface area contributed by atoms with E-state index in [0.717, 1.165) is 17.3 Å². The molecule has 0 aliphatic carbocycles. The lowest BCUT2D eigenvalue weighted by molar-refractivity contribution is 0.337. The third-order valence-corrected chi connectivity index (χ3v) is 2.73. The summed E-state index contributed by atoms with van der Waals surface area (Å²) in [4.78, 5) is 4.36. The summed E-state index contributed by atoms with van der Waals surface area (Å²) >= 11 is 1.54. The van der Waals surface area contributed by atoms with Gasteiger partial charge in [0, 0.05) is 17.8 Å². The SMILES string of the molecule is CCOc1nc(C(CC)CN)cs1. The van der Waals surface area contributed by atoms with Crippen LogP contribution in [0.4, 0.5) is 0 Å². The predicted octanol–water partition coefficient (Wildman–Crippen LogP) is 1.99. The molecular weight excluding hydrogens is 184 g/mol. The van der Waals surface area contributed by atoms with Crippen molar-refractivity contribution in [3.8, 4) is 5.19 Å². The lowest BCUT2D eigenvalue weighted by Gasteiger charge is -2.07. The fraction of sp³-hybridized carbons (Fsp3) is 0.667. The first-order chi connectivity index (χ1) is 6.31. The average molecular weight is 200 g/mol. The second-order valence-corrected chi connectivity index (χ2v) is 3.63. The van der Waals surface area contributed by atoms with Gasteiger partial charge in [-0.2, -0.15) is 0 Å². The number of hydrogen-bond donors (Lipinski definition) is 1. The molecule has 3 nitrogen and oxygen atoms in total. The molecule has 13 heavy (non-hydrogen) atoms. The molecule has 0 aromatic carbocycles. The van der Waals surface area contributed by atoms with Crippen LogP contribution < -0.4 is 10.5 Å². The van der Waals surface area contributed by atoms with Crippen LogP contribution in [-0.2, 0) is 0 Å². The highest BCUT2D eigenvalue weighted by Gasteiger charge is 2.11. The second-order valence-electron chi connectivity index (χ2n) is 2.81. The zero-order chi connectivity index (χ0) is 9.68. The number of hydrogen-bond acceptors (Lipinski definition) is 4. The molecule has 4 heteroatoms. The normalized spacial score (nSPS) is 12.8. The van der Waals surface area contributed by atoms with E-state index in [2.05, 4.69) is 11.9 Å². The van der Waals surface area contributed by atoms with Gasteiger partial charge in [0.15, 0.2) is 0 Å². The zero-order valence-electron chi connectivity index (χ0n) is 8.12. The average Bonchev–Trinajstić information content (AvgIpc) is 2.56. The van der Waals surface area contributed by atoms with E-state index in [1.165, 1.54) is 0 Å². The van der Waals surface area contributed by atoms with E-state index in [4.69, 9.17) is 10.5 Å². The van der Waals surface area contributed by atoms with Gasteiger partial charge in [0.05, 0.1) is 12.3 Å². The molecule has 1 rings (SSSR count). The standard InChI is InChI=1S/C9H16N2OS/c1-3-7(5-10)8-6-13-9(11-8)12-4-2/h6-7H,3-5,10H2,1-2H3. The highest BCUT2D eigenvalue weighted by atomic mass is 32.1. The number of thiazole rings is 1. The van der Waals surface area contributed by atoms with Crippen molar-refractivity contribution in [2.24, 2.45) is 5.73 Å². The number of nitrogens with zero attached hydrogens (tertiary/aromatic N) is 1. The van der Waals surface area contributed by atoms with Crippen molar-refractivity contribution in [1.82, 2.24) is 4.98 Å². The van der Waals surface area contributed by atoms with Crippen LogP contribution in [0.25, 0.3) is 0 Å². The largest absolute Gasteiger partial charge is 0.470 e. The molecule has 0 spiro atoms. The Bertz CT molecular complexity index is 246. The van der Waals surface area contributed by atoms with Crippen molar-refractivity contribution in [3.63, 3.8) is 0 Å². The lowest BCUT2D eigenvalue weighted by atomic mass is 10.0. The van der Waals surface area contributed by atoms with Crippen molar-refractivity contribution >= 4 is 11.3 Å². The van der Waals surface area contributed by atoms with Crippen LogP contribution in [0.3, 0.4) is 0 Å². The smallest absolute Gasteiger partial charge is 0.273 e. The van der Waals surface area contributed by atoms with Crippen LogP contribution in [0.1, 0.15) is 31.9 Å². The van der Waals surface area contributed by atoms with Crippen LogP contribution in [-0.4, -0.2) is 18.1 Å². The van der Waals surface area contributed by atoms with Gasteiger partial charge in [0.1, 0.15) is 0 Å². The molecule has 2 N–H and O–H groups in total. The highest BCUT2D eigenvalue weighted by Crippen LogP contribution is 2.24. The molecule has 0 aliphatic heterocycles. The Labute approximate surface area is 82.9 Å². The lowest BCUT2D eigenvalue weighted by Crippen LogP contribution is -2.11. The fourth-order valence-electron chi connectivity index (χ4n) is 1.14. The Morgan fingerprint density at radius 2 is 2.38 bits per heavy atom. The number of ether oxygens (including phenoxy) is 1. The van der Waals surface area contributed by atoms with Gasteiger partial charge in [-0.15, -0.1) is 0 Å². The molecule has 0 bridgehead atoms. The minimum atomic E-state index is 0.380. The molecule has 74 valence electrons. The molecule has 1 aromatic rings. The summed E-state index contributed by atoms with van der Waals surface area (Å²) in [6.45, 7) is 5.41. The zero-order valence-corrected chi connectivity index (χ0v) is 8.93. The molecule has 1 aromatic heterocycles. The summed E-state index contributed by atoms with van der Waals surface area (Å²) < 4.78 is 5.29. The van der Waals surface area contributed by atoms with E-state index >= 15 is 0 Å². The van der Waals surface area contributed by atoms with Gasteiger partial charge in [-0.05, 0) is 13.3 Å². The summed E-state index contributed by atoms with van der Waals surface area (Å²) in [5, 5.41) is 2.79.